The number of fused-ring (bicyclic) bond motifs is 1. The third-order valence-electron chi connectivity index (χ3n) is 4.93. The highest BCUT2D eigenvalue weighted by Crippen LogP contribution is 2.30. The molecule has 0 bridgehead atoms. The lowest BCUT2D eigenvalue weighted by atomic mass is 9.82. The molecule has 0 fully saturated rings. The van der Waals surface area contributed by atoms with Crippen LogP contribution in [-0.4, -0.2) is 17.5 Å². The number of benzene rings is 2. The average molecular weight is 390 g/mol. The largest absolute Gasteiger partial charge is 0.460 e. The van der Waals surface area contributed by atoms with Crippen LogP contribution in [0.1, 0.15) is 55.1 Å². The smallest absolute Gasteiger partial charge is 0.306 e. The predicted molar refractivity (Wildman–Crippen MR) is 113 cm³/mol. The van der Waals surface area contributed by atoms with Crippen LogP contribution in [0.3, 0.4) is 0 Å². The molecule has 2 aromatic rings. The number of carbonyl (C=O) groups excluding carboxylic acids is 2. The summed E-state index contributed by atoms with van der Waals surface area (Å²) in [5.74, 6) is -0.0436. The molecule has 0 saturated heterocycles. The van der Waals surface area contributed by atoms with Crippen molar-refractivity contribution in [2.24, 2.45) is 5.92 Å². The highest BCUT2D eigenvalue weighted by Gasteiger charge is 2.24. The van der Waals surface area contributed by atoms with Crippen LogP contribution in [0, 0.1) is 12.5 Å². The molecule has 1 N–H and O–H groups in total. The van der Waals surface area contributed by atoms with E-state index in [-0.39, 0.29) is 11.9 Å². The Morgan fingerprint density at radius 2 is 1.86 bits per heavy atom. The van der Waals surface area contributed by atoms with E-state index in [2.05, 4.69) is 10.2 Å². The minimum Gasteiger partial charge on any atom is -0.460 e. The van der Waals surface area contributed by atoms with Gasteiger partial charge in [0.05, 0.1) is 6.57 Å². The zero-order valence-corrected chi connectivity index (χ0v) is 17.1. The maximum absolute atomic E-state index is 12.4. The van der Waals surface area contributed by atoms with Crippen molar-refractivity contribution in [3.05, 3.63) is 70.6 Å². The normalized spacial score (nSPS) is 15.7. The number of esters is 1. The van der Waals surface area contributed by atoms with Gasteiger partial charge >= 0.3 is 5.97 Å². The Kier molecular flexibility index (Phi) is 6.03. The van der Waals surface area contributed by atoms with Crippen LogP contribution in [0.25, 0.3) is 4.85 Å². The summed E-state index contributed by atoms with van der Waals surface area (Å²) in [6.07, 6.45) is 3.10. The van der Waals surface area contributed by atoms with Gasteiger partial charge in [-0.15, -0.1) is 0 Å². The van der Waals surface area contributed by atoms with Crippen molar-refractivity contribution in [1.82, 2.24) is 0 Å². The molecule has 0 aromatic heterocycles. The highest BCUT2D eigenvalue weighted by molar-refractivity contribution is 6.04. The van der Waals surface area contributed by atoms with E-state index in [1.807, 2.05) is 39.0 Å². The summed E-state index contributed by atoms with van der Waals surface area (Å²) in [5, 5.41) is 2.92. The number of nitrogens with zero attached hydrogens (tertiary/aromatic N) is 1. The first-order valence-electron chi connectivity index (χ1n) is 9.86. The van der Waals surface area contributed by atoms with E-state index in [0.29, 0.717) is 23.6 Å². The zero-order chi connectivity index (χ0) is 21.0. The Balaban J connectivity index is 1.61. The quantitative estimate of drug-likeness (QED) is 0.567. The lowest BCUT2D eigenvalue weighted by Crippen LogP contribution is -2.26. The van der Waals surface area contributed by atoms with Crippen molar-refractivity contribution in [1.29, 1.82) is 0 Å². The van der Waals surface area contributed by atoms with Crippen LogP contribution in [0.4, 0.5) is 11.4 Å². The molecule has 0 radical (unpaired) electrons. The fourth-order valence-corrected chi connectivity index (χ4v) is 3.59. The van der Waals surface area contributed by atoms with Gasteiger partial charge in [-0.1, -0.05) is 30.3 Å². The summed E-state index contributed by atoms with van der Waals surface area (Å²) >= 11 is 0. The van der Waals surface area contributed by atoms with Gasteiger partial charge in [-0.25, -0.2) is 4.85 Å². The maximum Gasteiger partial charge on any atom is 0.306 e. The van der Waals surface area contributed by atoms with Crippen LogP contribution >= 0.6 is 0 Å². The molecular formula is C24H26N2O3. The van der Waals surface area contributed by atoms with E-state index in [0.717, 1.165) is 24.9 Å². The molecule has 0 aliphatic heterocycles. The van der Waals surface area contributed by atoms with E-state index in [1.165, 1.54) is 11.1 Å². The number of anilines is 1. The van der Waals surface area contributed by atoms with Crippen LogP contribution < -0.4 is 5.32 Å². The number of nitrogens with one attached hydrogen (secondary N) is 1. The molecule has 150 valence electrons. The molecule has 29 heavy (non-hydrogen) atoms. The topological polar surface area (TPSA) is 59.8 Å². The Bertz CT molecular complexity index is 950. The summed E-state index contributed by atoms with van der Waals surface area (Å²) in [5.41, 5.74) is 3.78. The Morgan fingerprint density at radius 3 is 2.52 bits per heavy atom. The van der Waals surface area contributed by atoms with Crippen molar-refractivity contribution >= 4 is 23.3 Å². The third-order valence-corrected chi connectivity index (χ3v) is 4.93. The minimum absolute atomic E-state index is 0.140. The number of hydrogen-bond donors (Lipinski definition) is 1. The van der Waals surface area contributed by atoms with Crippen LogP contribution in [0.15, 0.2) is 42.5 Å². The van der Waals surface area contributed by atoms with Gasteiger partial charge in [-0.3, -0.25) is 9.59 Å². The molecule has 1 amide bonds. The first-order valence-corrected chi connectivity index (χ1v) is 9.86. The van der Waals surface area contributed by atoms with E-state index in [9.17, 15) is 9.59 Å². The fourth-order valence-electron chi connectivity index (χ4n) is 3.59. The molecule has 0 heterocycles. The monoisotopic (exact) mass is 390 g/mol. The Labute approximate surface area is 171 Å². The van der Waals surface area contributed by atoms with Crippen LogP contribution in [0.2, 0.25) is 0 Å². The van der Waals surface area contributed by atoms with Gasteiger partial charge in [-0.05, 0) is 69.2 Å². The lowest BCUT2D eigenvalue weighted by molar-refractivity contribution is -0.156. The van der Waals surface area contributed by atoms with Crippen molar-refractivity contribution < 1.29 is 14.3 Å². The molecule has 2 aromatic carbocycles. The Hall–Kier alpha value is -3.13. The lowest BCUT2D eigenvalue weighted by Gasteiger charge is -2.26. The van der Waals surface area contributed by atoms with E-state index in [1.54, 1.807) is 24.3 Å². The van der Waals surface area contributed by atoms with Crippen LogP contribution in [-0.2, 0) is 22.4 Å². The summed E-state index contributed by atoms with van der Waals surface area (Å²) in [6, 6.07) is 12.5. The molecular weight excluding hydrogens is 364 g/mol. The molecule has 5 heteroatoms. The van der Waals surface area contributed by atoms with Crippen molar-refractivity contribution in [2.45, 2.75) is 52.1 Å². The Morgan fingerprint density at radius 1 is 1.14 bits per heavy atom. The maximum atomic E-state index is 12.4. The fraction of sp³-hybridized carbons (Fsp3) is 0.375. The van der Waals surface area contributed by atoms with Gasteiger partial charge in [-0.2, -0.15) is 0 Å². The first-order chi connectivity index (χ1) is 13.7. The van der Waals surface area contributed by atoms with Gasteiger partial charge in [0.25, 0.3) is 5.91 Å². The van der Waals surface area contributed by atoms with E-state index < -0.39 is 5.60 Å². The standard InChI is InChI=1S/C24H26N2O3/c1-24(2,3)29-22(27)14-16-5-6-19-15-21(12-9-18(19)13-16)26-23(28)17-7-10-20(25-4)11-8-17/h7-12,15-16H,5-6,13-14H2,1-3H3,(H,26,28). The summed E-state index contributed by atoms with van der Waals surface area (Å²) in [4.78, 5) is 27.9. The number of aryl methyl sites for hydroxylation is 1. The van der Waals surface area contributed by atoms with Crippen molar-refractivity contribution in [3.8, 4) is 0 Å². The number of carbonyl (C=O) groups is 2. The molecule has 5 nitrogen and oxygen atoms in total. The number of ether oxygens (including phenoxy) is 1. The summed E-state index contributed by atoms with van der Waals surface area (Å²) in [7, 11) is 0. The molecule has 1 aliphatic carbocycles. The van der Waals surface area contributed by atoms with Gasteiger partial charge < -0.3 is 10.1 Å². The summed E-state index contributed by atoms with van der Waals surface area (Å²) < 4.78 is 5.45. The molecule has 0 saturated carbocycles. The molecule has 1 atom stereocenters. The predicted octanol–water partition coefficient (Wildman–Crippen LogP) is 5.33. The molecule has 0 spiro atoms. The highest BCUT2D eigenvalue weighted by atomic mass is 16.6. The minimum atomic E-state index is -0.451. The average Bonchev–Trinajstić information content (AvgIpc) is 2.66. The molecule has 1 aliphatic rings. The van der Waals surface area contributed by atoms with Crippen molar-refractivity contribution in [2.75, 3.05) is 5.32 Å². The van der Waals surface area contributed by atoms with E-state index >= 15 is 0 Å². The van der Waals surface area contributed by atoms with Crippen LogP contribution in [0.5, 0.6) is 0 Å². The molecule has 1 unspecified atom stereocenters. The third kappa shape index (κ3) is 5.68. The van der Waals surface area contributed by atoms with E-state index in [4.69, 9.17) is 11.3 Å². The van der Waals surface area contributed by atoms with Crippen molar-refractivity contribution in [3.63, 3.8) is 0 Å². The second-order valence-electron chi connectivity index (χ2n) is 8.50. The second-order valence-corrected chi connectivity index (χ2v) is 8.50. The summed E-state index contributed by atoms with van der Waals surface area (Å²) in [6.45, 7) is 12.6. The zero-order valence-electron chi connectivity index (χ0n) is 17.1. The van der Waals surface area contributed by atoms with Gasteiger partial charge in [0.2, 0.25) is 0 Å². The van der Waals surface area contributed by atoms with Gasteiger partial charge in [0, 0.05) is 17.7 Å². The van der Waals surface area contributed by atoms with Gasteiger partial charge in [0.1, 0.15) is 5.60 Å². The SMILES string of the molecule is [C-]#[N+]c1ccc(C(=O)Nc2ccc3c(c2)CCC(CC(=O)OC(C)(C)C)C3)cc1. The number of hydrogen-bond acceptors (Lipinski definition) is 3. The van der Waals surface area contributed by atoms with Gasteiger partial charge in [0.15, 0.2) is 5.69 Å². The number of amides is 1. The molecule has 3 rings (SSSR count). The second kappa shape index (κ2) is 8.48. The number of rotatable bonds is 4. The first kappa shape index (κ1) is 20.6.